The van der Waals surface area contributed by atoms with Gasteiger partial charge < -0.3 is 9.67 Å². The van der Waals surface area contributed by atoms with E-state index < -0.39 is 15.8 Å². The molecule has 0 radical (unpaired) electrons. The summed E-state index contributed by atoms with van der Waals surface area (Å²) in [6.45, 7) is 0.576. The zero-order valence-corrected chi connectivity index (χ0v) is 9.56. The van der Waals surface area contributed by atoms with Crippen LogP contribution < -0.4 is 0 Å². The topological polar surface area (TPSA) is 89.3 Å². The maximum absolute atomic E-state index is 11.4. The molecule has 1 N–H and O–H groups in total. The number of hydrogen-bond donors (Lipinski definition) is 1. The van der Waals surface area contributed by atoms with Gasteiger partial charge in [0.15, 0.2) is 9.84 Å². The van der Waals surface area contributed by atoms with Crippen LogP contribution in [0.15, 0.2) is 18.7 Å². The third-order valence-electron chi connectivity index (χ3n) is 2.06. The number of carboxylic acid groups (broad SMARTS) is 1. The molecule has 0 aromatic carbocycles. The molecule has 0 spiro atoms. The Morgan fingerprint density at radius 3 is 2.69 bits per heavy atom. The lowest BCUT2D eigenvalue weighted by Gasteiger charge is -2.03. The Balaban J connectivity index is 2.28. The number of imidazole rings is 1. The van der Waals surface area contributed by atoms with Gasteiger partial charge in [-0.1, -0.05) is 0 Å². The van der Waals surface area contributed by atoms with Crippen LogP contribution in [0, 0.1) is 0 Å². The van der Waals surface area contributed by atoms with Crippen molar-refractivity contribution in [2.75, 3.05) is 11.5 Å². The second-order valence-electron chi connectivity index (χ2n) is 3.45. The van der Waals surface area contributed by atoms with Crippen molar-refractivity contribution in [1.82, 2.24) is 9.55 Å². The molecule has 0 aliphatic rings. The Morgan fingerprint density at radius 2 is 2.12 bits per heavy atom. The average Bonchev–Trinajstić information content (AvgIpc) is 2.68. The molecular weight excluding hydrogens is 232 g/mol. The first-order valence-electron chi connectivity index (χ1n) is 4.87. The van der Waals surface area contributed by atoms with Crippen LogP contribution in [0.25, 0.3) is 0 Å². The summed E-state index contributed by atoms with van der Waals surface area (Å²) in [5, 5.41) is 8.38. The van der Waals surface area contributed by atoms with E-state index in [-0.39, 0.29) is 17.9 Å². The number of sulfone groups is 1. The van der Waals surface area contributed by atoms with E-state index in [1.807, 2.05) is 0 Å². The van der Waals surface area contributed by atoms with Gasteiger partial charge in [0.25, 0.3) is 0 Å². The molecule has 0 aliphatic carbocycles. The van der Waals surface area contributed by atoms with Gasteiger partial charge in [-0.3, -0.25) is 4.79 Å². The van der Waals surface area contributed by atoms with Crippen molar-refractivity contribution in [2.45, 2.75) is 19.4 Å². The Kier molecular flexibility index (Phi) is 4.48. The molecule has 0 unspecified atom stereocenters. The lowest BCUT2D eigenvalue weighted by molar-refractivity contribution is -0.136. The van der Waals surface area contributed by atoms with E-state index in [1.165, 1.54) is 0 Å². The summed E-state index contributed by atoms with van der Waals surface area (Å²) in [6.07, 6.45) is 5.14. The smallest absolute Gasteiger partial charge is 0.304 e. The van der Waals surface area contributed by atoms with E-state index >= 15 is 0 Å². The molecule has 90 valence electrons. The minimum Gasteiger partial charge on any atom is -0.481 e. The van der Waals surface area contributed by atoms with Crippen LogP contribution >= 0.6 is 0 Å². The summed E-state index contributed by atoms with van der Waals surface area (Å²) in [5.74, 6) is -1.36. The van der Waals surface area contributed by atoms with Crippen LogP contribution in [0.2, 0.25) is 0 Å². The van der Waals surface area contributed by atoms with Crippen LogP contribution in [-0.2, 0) is 21.2 Å². The van der Waals surface area contributed by atoms with E-state index in [4.69, 9.17) is 5.11 Å². The molecule has 0 bridgehead atoms. The molecular formula is C9H14N2O4S. The summed E-state index contributed by atoms with van der Waals surface area (Å²) in [4.78, 5) is 14.1. The largest absolute Gasteiger partial charge is 0.481 e. The molecule has 0 fully saturated rings. The van der Waals surface area contributed by atoms with Gasteiger partial charge in [-0.05, 0) is 6.42 Å². The molecule has 1 aromatic heterocycles. The summed E-state index contributed by atoms with van der Waals surface area (Å²) < 4.78 is 24.5. The summed E-state index contributed by atoms with van der Waals surface area (Å²) in [5.41, 5.74) is 0. The highest BCUT2D eigenvalue weighted by Gasteiger charge is 2.12. The Hall–Kier alpha value is -1.37. The van der Waals surface area contributed by atoms with E-state index in [0.29, 0.717) is 13.0 Å². The third kappa shape index (κ3) is 4.92. The van der Waals surface area contributed by atoms with Crippen LogP contribution in [0.1, 0.15) is 12.8 Å². The van der Waals surface area contributed by atoms with Crippen molar-refractivity contribution in [1.29, 1.82) is 0 Å². The van der Waals surface area contributed by atoms with Gasteiger partial charge >= 0.3 is 5.97 Å². The summed E-state index contributed by atoms with van der Waals surface area (Å²) >= 11 is 0. The molecule has 0 amide bonds. The van der Waals surface area contributed by atoms with Crippen LogP contribution in [0.4, 0.5) is 0 Å². The van der Waals surface area contributed by atoms with Crippen molar-refractivity contribution < 1.29 is 18.3 Å². The second-order valence-corrected chi connectivity index (χ2v) is 5.75. The van der Waals surface area contributed by atoms with Gasteiger partial charge in [0.2, 0.25) is 0 Å². The highest BCUT2D eigenvalue weighted by Crippen LogP contribution is 1.99. The number of aliphatic carboxylic acids is 1. The number of rotatable bonds is 7. The monoisotopic (exact) mass is 246 g/mol. The fourth-order valence-corrected chi connectivity index (χ4v) is 2.49. The van der Waals surface area contributed by atoms with Gasteiger partial charge in [0, 0.05) is 18.9 Å². The molecule has 0 aliphatic heterocycles. The minimum absolute atomic E-state index is 0.0124. The van der Waals surface area contributed by atoms with E-state index in [9.17, 15) is 13.2 Å². The standard InChI is InChI=1S/C9H14N2O4S/c12-9(13)2-7-16(14,15)6-1-4-11-5-3-10-8-11/h3,5,8H,1-2,4,6-7H2,(H,12,13). The minimum atomic E-state index is -3.24. The molecule has 16 heavy (non-hydrogen) atoms. The van der Waals surface area contributed by atoms with Crippen molar-refractivity contribution in [3.63, 3.8) is 0 Å². The maximum atomic E-state index is 11.4. The first kappa shape index (κ1) is 12.7. The van der Waals surface area contributed by atoms with E-state index in [2.05, 4.69) is 4.98 Å². The van der Waals surface area contributed by atoms with Crippen molar-refractivity contribution in [2.24, 2.45) is 0 Å². The highest BCUT2D eigenvalue weighted by atomic mass is 32.2. The fourth-order valence-electron chi connectivity index (χ4n) is 1.23. The molecule has 1 aromatic rings. The second kappa shape index (κ2) is 5.64. The van der Waals surface area contributed by atoms with Crippen LogP contribution in [-0.4, -0.2) is 40.6 Å². The maximum Gasteiger partial charge on any atom is 0.304 e. The van der Waals surface area contributed by atoms with Gasteiger partial charge in [0.1, 0.15) is 0 Å². The van der Waals surface area contributed by atoms with E-state index in [1.54, 1.807) is 23.3 Å². The van der Waals surface area contributed by atoms with Crippen LogP contribution in [0.5, 0.6) is 0 Å². The zero-order valence-electron chi connectivity index (χ0n) is 8.74. The lowest BCUT2D eigenvalue weighted by Crippen LogP contribution is -2.15. The number of aromatic nitrogens is 2. The molecule has 0 atom stereocenters. The van der Waals surface area contributed by atoms with E-state index in [0.717, 1.165) is 0 Å². The van der Waals surface area contributed by atoms with Gasteiger partial charge in [-0.2, -0.15) is 0 Å². The number of nitrogens with zero attached hydrogens (tertiary/aromatic N) is 2. The van der Waals surface area contributed by atoms with Gasteiger partial charge in [-0.15, -0.1) is 0 Å². The predicted molar refractivity (Wildman–Crippen MR) is 57.8 cm³/mol. The number of carbonyl (C=O) groups is 1. The SMILES string of the molecule is O=C(O)CCS(=O)(=O)CCCn1ccnc1. The van der Waals surface area contributed by atoms with Gasteiger partial charge in [0.05, 0.1) is 24.3 Å². The number of hydrogen-bond acceptors (Lipinski definition) is 4. The van der Waals surface area contributed by atoms with Crippen LogP contribution in [0.3, 0.4) is 0 Å². The average molecular weight is 246 g/mol. The number of aryl methyl sites for hydroxylation is 1. The van der Waals surface area contributed by atoms with Crippen molar-refractivity contribution in [3.05, 3.63) is 18.7 Å². The zero-order chi connectivity index (χ0) is 12.0. The third-order valence-corrected chi connectivity index (χ3v) is 3.79. The molecule has 0 saturated carbocycles. The molecule has 7 heteroatoms. The fraction of sp³-hybridized carbons (Fsp3) is 0.556. The molecule has 1 rings (SSSR count). The lowest BCUT2D eigenvalue weighted by atomic mass is 10.5. The molecule has 0 saturated heterocycles. The first-order valence-corrected chi connectivity index (χ1v) is 6.70. The highest BCUT2D eigenvalue weighted by molar-refractivity contribution is 7.91. The first-order chi connectivity index (χ1) is 7.49. The quantitative estimate of drug-likeness (QED) is 0.740. The van der Waals surface area contributed by atoms with Crippen molar-refractivity contribution in [3.8, 4) is 0 Å². The Morgan fingerprint density at radius 1 is 1.38 bits per heavy atom. The Labute approximate surface area is 93.8 Å². The Bertz CT molecular complexity index is 424. The molecule has 1 heterocycles. The molecule has 6 nitrogen and oxygen atoms in total. The van der Waals surface area contributed by atoms with Gasteiger partial charge in [-0.25, -0.2) is 13.4 Å². The normalized spacial score (nSPS) is 11.5. The predicted octanol–water partition coefficient (Wildman–Crippen LogP) is 0.163. The number of carboxylic acids is 1. The van der Waals surface area contributed by atoms with Crippen molar-refractivity contribution >= 4 is 15.8 Å². The summed E-state index contributed by atoms with van der Waals surface area (Å²) in [6, 6.07) is 0. The summed E-state index contributed by atoms with van der Waals surface area (Å²) in [7, 11) is -3.24.